The number of amides is 1. The monoisotopic (exact) mass is 441 g/mol. The first kappa shape index (κ1) is 19.9. The SMILES string of the molecule is CS(=O)(=O)c1ccc(NC(=O)c2cc(-c3ccco3)n(-c3ccc(Cl)cc3)n2)cc1. The van der Waals surface area contributed by atoms with E-state index in [4.69, 9.17) is 16.0 Å². The second-order valence-electron chi connectivity index (χ2n) is 6.53. The van der Waals surface area contributed by atoms with Crippen molar-refractivity contribution in [2.75, 3.05) is 11.6 Å². The van der Waals surface area contributed by atoms with Crippen LogP contribution in [0.15, 0.2) is 82.3 Å². The molecule has 9 heteroatoms. The van der Waals surface area contributed by atoms with Crippen LogP contribution in [0.25, 0.3) is 17.1 Å². The van der Waals surface area contributed by atoms with Crippen LogP contribution in [0.5, 0.6) is 0 Å². The van der Waals surface area contributed by atoms with Crippen molar-refractivity contribution in [2.24, 2.45) is 0 Å². The summed E-state index contributed by atoms with van der Waals surface area (Å²) in [6, 6.07) is 18.1. The third kappa shape index (κ3) is 4.14. The van der Waals surface area contributed by atoms with E-state index in [0.29, 0.717) is 27.9 Å². The highest BCUT2D eigenvalue weighted by molar-refractivity contribution is 7.90. The van der Waals surface area contributed by atoms with Gasteiger partial charge in [0.25, 0.3) is 5.91 Å². The van der Waals surface area contributed by atoms with Crippen molar-refractivity contribution in [1.82, 2.24) is 9.78 Å². The number of hydrogen-bond donors (Lipinski definition) is 1. The van der Waals surface area contributed by atoms with Gasteiger partial charge in [-0.15, -0.1) is 0 Å². The van der Waals surface area contributed by atoms with Crippen molar-refractivity contribution in [2.45, 2.75) is 4.90 Å². The number of nitrogens with zero attached hydrogens (tertiary/aromatic N) is 2. The van der Waals surface area contributed by atoms with Crippen LogP contribution in [0.3, 0.4) is 0 Å². The van der Waals surface area contributed by atoms with Gasteiger partial charge in [-0.2, -0.15) is 5.10 Å². The lowest BCUT2D eigenvalue weighted by Gasteiger charge is -2.06. The van der Waals surface area contributed by atoms with Crippen molar-refractivity contribution >= 4 is 33.0 Å². The predicted octanol–water partition coefficient (Wildman–Crippen LogP) is 4.44. The molecular weight excluding hydrogens is 426 g/mol. The molecule has 0 saturated carbocycles. The van der Waals surface area contributed by atoms with Crippen LogP contribution in [-0.2, 0) is 9.84 Å². The molecule has 30 heavy (non-hydrogen) atoms. The number of carbonyl (C=O) groups is 1. The highest BCUT2D eigenvalue weighted by atomic mass is 35.5. The smallest absolute Gasteiger partial charge is 0.276 e. The minimum atomic E-state index is -3.31. The molecule has 152 valence electrons. The maximum Gasteiger partial charge on any atom is 0.276 e. The number of aromatic nitrogens is 2. The summed E-state index contributed by atoms with van der Waals surface area (Å²) in [4.78, 5) is 12.9. The maximum absolute atomic E-state index is 12.8. The van der Waals surface area contributed by atoms with Gasteiger partial charge in [0.15, 0.2) is 21.3 Å². The fourth-order valence-electron chi connectivity index (χ4n) is 2.85. The summed E-state index contributed by atoms with van der Waals surface area (Å²) in [6.07, 6.45) is 2.66. The summed E-state index contributed by atoms with van der Waals surface area (Å²) in [7, 11) is -3.31. The zero-order chi connectivity index (χ0) is 21.3. The van der Waals surface area contributed by atoms with Crippen LogP contribution < -0.4 is 5.32 Å². The first-order chi connectivity index (χ1) is 14.3. The Morgan fingerprint density at radius 2 is 1.77 bits per heavy atom. The minimum Gasteiger partial charge on any atom is -0.463 e. The first-order valence-electron chi connectivity index (χ1n) is 8.82. The Kier molecular flexibility index (Phi) is 5.19. The molecule has 1 N–H and O–H groups in total. The van der Waals surface area contributed by atoms with E-state index in [9.17, 15) is 13.2 Å². The number of anilines is 1. The first-order valence-corrected chi connectivity index (χ1v) is 11.1. The van der Waals surface area contributed by atoms with Crippen molar-refractivity contribution < 1.29 is 17.6 Å². The second-order valence-corrected chi connectivity index (χ2v) is 8.98. The molecule has 2 heterocycles. The standard InChI is InChI=1S/C21H16ClN3O4S/c1-30(27,28)17-10-6-15(7-11-17)23-21(26)18-13-19(20-3-2-12-29-20)25(24-18)16-8-4-14(22)5-9-16/h2-13H,1H3,(H,23,26). The van der Waals surface area contributed by atoms with Crippen LogP contribution in [0.2, 0.25) is 5.02 Å². The Morgan fingerprint density at radius 1 is 1.07 bits per heavy atom. The van der Waals surface area contributed by atoms with E-state index in [1.165, 1.54) is 30.5 Å². The largest absolute Gasteiger partial charge is 0.463 e. The van der Waals surface area contributed by atoms with E-state index in [0.717, 1.165) is 6.26 Å². The number of hydrogen-bond acceptors (Lipinski definition) is 5. The number of sulfone groups is 1. The average molecular weight is 442 g/mol. The van der Waals surface area contributed by atoms with Gasteiger partial charge in [-0.1, -0.05) is 11.6 Å². The van der Waals surface area contributed by atoms with E-state index >= 15 is 0 Å². The summed E-state index contributed by atoms with van der Waals surface area (Å²) in [5.74, 6) is 0.108. The molecule has 7 nitrogen and oxygen atoms in total. The molecule has 2 aromatic carbocycles. The third-order valence-electron chi connectivity index (χ3n) is 4.33. The van der Waals surface area contributed by atoms with Gasteiger partial charge in [-0.3, -0.25) is 4.79 Å². The van der Waals surface area contributed by atoms with Crippen molar-refractivity contribution in [3.05, 3.63) is 83.7 Å². The van der Waals surface area contributed by atoms with Crippen LogP contribution in [0.4, 0.5) is 5.69 Å². The summed E-state index contributed by atoms with van der Waals surface area (Å²) in [5, 5.41) is 7.73. The minimum absolute atomic E-state index is 0.170. The maximum atomic E-state index is 12.8. The fraction of sp³-hybridized carbons (Fsp3) is 0.0476. The topological polar surface area (TPSA) is 94.2 Å². The Balaban J connectivity index is 1.66. The van der Waals surface area contributed by atoms with Crippen LogP contribution in [0.1, 0.15) is 10.5 Å². The molecule has 0 saturated heterocycles. The van der Waals surface area contributed by atoms with Crippen LogP contribution >= 0.6 is 11.6 Å². The van der Waals surface area contributed by atoms with E-state index < -0.39 is 15.7 Å². The summed E-state index contributed by atoms with van der Waals surface area (Å²) in [5.41, 5.74) is 1.93. The van der Waals surface area contributed by atoms with E-state index in [1.807, 2.05) is 0 Å². The highest BCUT2D eigenvalue weighted by Gasteiger charge is 2.19. The zero-order valence-corrected chi connectivity index (χ0v) is 17.3. The number of nitrogens with one attached hydrogen (secondary N) is 1. The van der Waals surface area contributed by atoms with Crippen molar-refractivity contribution in [1.29, 1.82) is 0 Å². The highest BCUT2D eigenvalue weighted by Crippen LogP contribution is 2.26. The lowest BCUT2D eigenvalue weighted by atomic mass is 10.2. The van der Waals surface area contributed by atoms with Gasteiger partial charge in [0.1, 0.15) is 5.69 Å². The van der Waals surface area contributed by atoms with Gasteiger partial charge in [-0.05, 0) is 60.7 Å². The molecule has 0 aliphatic rings. The molecule has 0 atom stereocenters. The molecule has 4 rings (SSSR count). The van der Waals surface area contributed by atoms with Gasteiger partial charge >= 0.3 is 0 Å². The van der Waals surface area contributed by atoms with E-state index in [-0.39, 0.29) is 10.6 Å². The summed E-state index contributed by atoms with van der Waals surface area (Å²) < 4.78 is 30.2. The van der Waals surface area contributed by atoms with Crippen molar-refractivity contribution in [3.63, 3.8) is 0 Å². The molecule has 0 aliphatic carbocycles. The molecule has 0 bridgehead atoms. The second kappa shape index (κ2) is 7.81. The molecule has 0 aliphatic heterocycles. The average Bonchev–Trinajstić information content (AvgIpc) is 3.38. The quantitative estimate of drug-likeness (QED) is 0.494. The molecule has 0 radical (unpaired) electrons. The van der Waals surface area contributed by atoms with Gasteiger partial charge < -0.3 is 9.73 Å². The van der Waals surface area contributed by atoms with Crippen LogP contribution in [0, 0.1) is 0 Å². The molecule has 2 aromatic heterocycles. The normalized spacial score (nSPS) is 11.4. The van der Waals surface area contributed by atoms with Gasteiger partial charge in [0.05, 0.1) is 16.8 Å². The van der Waals surface area contributed by atoms with Gasteiger partial charge in [0, 0.05) is 23.0 Å². The lowest BCUT2D eigenvalue weighted by molar-refractivity contribution is 0.102. The summed E-state index contributed by atoms with van der Waals surface area (Å²) in [6.45, 7) is 0. The van der Waals surface area contributed by atoms with Crippen molar-refractivity contribution in [3.8, 4) is 17.1 Å². The number of benzene rings is 2. The number of furan rings is 1. The van der Waals surface area contributed by atoms with Crippen LogP contribution in [-0.4, -0.2) is 30.4 Å². The summed E-state index contributed by atoms with van der Waals surface area (Å²) >= 11 is 5.97. The molecular formula is C21H16ClN3O4S. The molecule has 0 spiro atoms. The van der Waals surface area contributed by atoms with Gasteiger partial charge in [-0.25, -0.2) is 13.1 Å². The van der Waals surface area contributed by atoms with E-state index in [2.05, 4.69) is 10.4 Å². The fourth-order valence-corrected chi connectivity index (χ4v) is 3.61. The lowest BCUT2D eigenvalue weighted by Crippen LogP contribution is -2.13. The number of carbonyl (C=O) groups excluding carboxylic acids is 1. The molecule has 0 unspecified atom stereocenters. The number of rotatable bonds is 5. The Labute approximate surface area is 177 Å². The Morgan fingerprint density at radius 3 is 2.37 bits per heavy atom. The Bertz CT molecular complexity index is 1290. The predicted molar refractivity (Wildman–Crippen MR) is 114 cm³/mol. The Hall–Kier alpha value is -3.36. The van der Waals surface area contributed by atoms with E-state index in [1.54, 1.807) is 47.1 Å². The zero-order valence-electron chi connectivity index (χ0n) is 15.7. The third-order valence-corrected chi connectivity index (χ3v) is 5.71. The number of halogens is 1. The molecule has 0 fully saturated rings. The van der Waals surface area contributed by atoms with Gasteiger partial charge in [0.2, 0.25) is 0 Å². The molecule has 1 amide bonds. The molecule has 4 aromatic rings.